The molecule has 0 bridgehead atoms. The summed E-state index contributed by atoms with van der Waals surface area (Å²) in [5.74, 6) is 6.26. The summed E-state index contributed by atoms with van der Waals surface area (Å²) >= 11 is 7.68. The third kappa shape index (κ3) is 3.98. The zero-order valence-electron chi connectivity index (χ0n) is 15.3. The van der Waals surface area contributed by atoms with E-state index in [1.54, 1.807) is 20.3 Å². The fourth-order valence-electron chi connectivity index (χ4n) is 3.17. The number of amidine groups is 1. The molecule has 0 fully saturated rings. The fraction of sp³-hybridized carbons (Fsp3) is 0.263. The summed E-state index contributed by atoms with van der Waals surface area (Å²) in [6.07, 6.45) is -0.149. The van der Waals surface area contributed by atoms with Gasteiger partial charge in [-0.2, -0.15) is 5.10 Å². The van der Waals surface area contributed by atoms with Gasteiger partial charge in [-0.3, -0.25) is 4.79 Å². The van der Waals surface area contributed by atoms with Gasteiger partial charge in [0.1, 0.15) is 17.3 Å². The lowest BCUT2D eigenvalue weighted by Gasteiger charge is -2.24. The van der Waals surface area contributed by atoms with Crippen LogP contribution in [-0.2, 0) is 4.79 Å². The molecule has 4 N–H and O–H groups in total. The van der Waals surface area contributed by atoms with Crippen molar-refractivity contribution >= 4 is 40.9 Å². The van der Waals surface area contributed by atoms with Crippen LogP contribution >= 0.6 is 23.4 Å². The molecular formula is C19H20ClN3O4S. The fourth-order valence-corrected chi connectivity index (χ4v) is 4.87. The van der Waals surface area contributed by atoms with Gasteiger partial charge in [-0.15, -0.1) is 11.8 Å². The van der Waals surface area contributed by atoms with Gasteiger partial charge in [0, 0.05) is 10.7 Å². The average Bonchev–Trinajstić information content (AvgIpc) is 2.83. The van der Waals surface area contributed by atoms with Crippen LogP contribution < -0.4 is 20.6 Å². The smallest absolute Gasteiger partial charge is 0.304 e. The number of rotatable bonds is 5. The highest BCUT2D eigenvalue weighted by atomic mass is 35.5. The lowest BCUT2D eigenvalue weighted by Crippen LogP contribution is -2.28. The molecule has 0 saturated carbocycles. The third-order valence-corrected chi connectivity index (χ3v) is 6.11. The summed E-state index contributed by atoms with van der Waals surface area (Å²) in [5.41, 5.74) is 2.39. The first-order chi connectivity index (χ1) is 13.5. The second-order valence-electron chi connectivity index (χ2n) is 6.05. The number of ether oxygens (including phenoxy) is 2. The highest BCUT2D eigenvalue weighted by molar-refractivity contribution is 8.01. The number of benzene rings is 2. The molecule has 1 aliphatic rings. The highest BCUT2D eigenvalue weighted by Gasteiger charge is 2.35. The maximum absolute atomic E-state index is 11.5. The molecule has 1 aliphatic heterocycles. The van der Waals surface area contributed by atoms with Gasteiger partial charge >= 0.3 is 5.97 Å². The first-order valence-electron chi connectivity index (χ1n) is 8.40. The van der Waals surface area contributed by atoms with Gasteiger partial charge in [-0.25, -0.2) is 0 Å². The zero-order chi connectivity index (χ0) is 20.3. The number of aliphatic carboxylic acids is 1. The Kier molecular flexibility index (Phi) is 6.21. The van der Waals surface area contributed by atoms with E-state index in [4.69, 9.17) is 26.9 Å². The van der Waals surface area contributed by atoms with E-state index >= 15 is 0 Å². The van der Waals surface area contributed by atoms with E-state index in [1.165, 1.54) is 11.8 Å². The van der Waals surface area contributed by atoms with E-state index in [9.17, 15) is 9.90 Å². The maximum atomic E-state index is 11.5. The number of carbonyl (C=O) groups is 1. The molecular weight excluding hydrogens is 402 g/mol. The Balaban J connectivity index is 2.23. The van der Waals surface area contributed by atoms with Crippen LogP contribution in [-0.4, -0.2) is 36.4 Å². The number of hydrogen-bond donors (Lipinski definition) is 3. The van der Waals surface area contributed by atoms with Crippen molar-refractivity contribution < 1.29 is 19.4 Å². The molecule has 2 aromatic carbocycles. The van der Waals surface area contributed by atoms with Gasteiger partial charge in [0.25, 0.3) is 0 Å². The van der Waals surface area contributed by atoms with Crippen molar-refractivity contribution in [2.75, 3.05) is 19.5 Å². The molecule has 0 aromatic heterocycles. The van der Waals surface area contributed by atoms with Gasteiger partial charge in [0.05, 0.1) is 36.7 Å². The Hall–Kier alpha value is -2.58. The van der Waals surface area contributed by atoms with Crippen molar-refractivity contribution in [2.45, 2.75) is 16.9 Å². The average molecular weight is 422 g/mol. The highest BCUT2D eigenvalue weighted by Crippen LogP contribution is 2.51. The van der Waals surface area contributed by atoms with E-state index < -0.39 is 11.2 Å². The molecule has 0 amide bonds. The van der Waals surface area contributed by atoms with Crippen LogP contribution in [0.1, 0.15) is 22.8 Å². The number of hydrazone groups is 1. The summed E-state index contributed by atoms with van der Waals surface area (Å²) in [6.45, 7) is 0. The second-order valence-corrected chi connectivity index (χ2v) is 7.80. The number of hydrogen-bond acceptors (Lipinski definition) is 6. The van der Waals surface area contributed by atoms with Crippen molar-refractivity contribution in [1.82, 2.24) is 0 Å². The summed E-state index contributed by atoms with van der Waals surface area (Å²) in [6, 6.07) is 10.9. The number of methoxy groups -OCH3 is 2. The van der Waals surface area contributed by atoms with E-state index in [-0.39, 0.29) is 11.7 Å². The molecule has 0 spiro atoms. The van der Waals surface area contributed by atoms with E-state index in [1.807, 2.05) is 30.3 Å². The van der Waals surface area contributed by atoms with E-state index in [0.717, 1.165) is 16.8 Å². The quantitative estimate of drug-likeness (QED) is 0.499. The van der Waals surface area contributed by atoms with Gasteiger partial charge in [-0.1, -0.05) is 17.7 Å². The molecule has 9 heteroatoms. The van der Waals surface area contributed by atoms with Crippen LogP contribution in [0.15, 0.2) is 41.5 Å². The zero-order valence-corrected chi connectivity index (χ0v) is 16.9. The number of thioether (sulfide) groups is 1. The van der Waals surface area contributed by atoms with E-state index in [0.29, 0.717) is 22.4 Å². The standard InChI is InChI=1S/C19H20ClN3O4S/c1-26-13-4-3-5-14(27-2)17(13)18-11-8-10(20)6-7-12(11)22-19(23-21)15(28-18)9-16(24)25/h3-8,15,18H,9,21H2,1-2H3,(H,22,23)(H,24,25)/t15-,18+/m1/s1. The molecule has 0 radical (unpaired) electrons. The first kappa shape index (κ1) is 20.2. The van der Waals surface area contributed by atoms with E-state index in [2.05, 4.69) is 10.4 Å². The van der Waals surface area contributed by atoms with Crippen LogP contribution in [0.25, 0.3) is 0 Å². The first-order valence-corrected chi connectivity index (χ1v) is 9.73. The minimum Gasteiger partial charge on any atom is -0.496 e. The molecule has 148 valence electrons. The van der Waals surface area contributed by atoms with Gasteiger partial charge < -0.3 is 25.7 Å². The molecule has 0 unspecified atom stereocenters. The molecule has 1 heterocycles. The third-order valence-electron chi connectivity index (χ3n) is 4.39. The topological polar surface area (TPSA) is 106 Å². The predicted octanol–water partition coefficient (Wildman–Crippen LogP) is 3.72. The molecule has 2 aromatic rings. The lowest BCUT2D eigenvalue weighted by atomic mass is 10.0. The van der Waals surface area contributed by atoms with Gasteiger partial charge in [-0.05, 0) is 35.9 Å². The maximum Gasteiger partial charge on any atom is 0.304 e. The van der Waals surface area contributed by atoms with Crippen molar-refractivity contribution in [1.29, 1.82) is 0 Å². The Morgan fingerprint density at radius 2 is 1.96 bits per heavy atom. The molecule has 2 atom stereocenters. The van der Waals surface area contributed by atoms with Gasteiger partial charge in [0.15, 0.2) is 0 Å². The number of nitrogens with two attached hydrogens (primary N) is 1. The van der Waals surface area contributed by atoms with Crippen LogP contribution in [0.4, 0.5) is 5.69 Å². The summed E-state index contributed by atoms with van der Waals surface area (Å²) in [4.78, 5) is 11.5. The summed E-state index contributed by atoms with van der Waals surface area (Å²) < 4.78 is 11.2. The normalized spacial score (nSPS) is 20.0. The number of nitrogens with zero attached hydrogens (tertiary/aromatic N) is 1. The largest absolute Gasteiger partial charge is 0.496 e. The predicted molar refractivity (Wildman–Crippen MR) is 112 cm³/mol. The minimum absolute atomic E-state index is 0.149. The number of carboxylic acids is 1. The van der Waals surface area contributed by atoms with Crippen molar-refractivity contribution in [3.05, 3.63) is 52.5 Å². The van der Waals surface area contributed by atoms with Crippen LogP contribution in [0.2, 0.25) is 5.02 Å². The van der Waals surface area contributed by atoms with Gasteiger partial charge in [0.2, 0.25) is 0 Å². The molecule has 7 nitrogen and oxygen atoms in total. The van der Waals surface area contributed by atoms with Crippen LogP contribution in [0.5, 0.6) is 11.5 Å². The molecule has 28 heavy (non-hydrogen) atoms. The molecule has 0 aliphatic carbocycles. The number of halogens is 1. The second kappa shape index (κ2) is 8.62. The monoisotopic (exact) mass is 421 g/mol. The Labute approximate surface area is 171 Å². The Bertz CT molecular complexity index is 900. The Morgan fingerprint density at radius 3 is 2.54 bits per heavy atom. The van der Waals surface area contributed by atoms with Crippen LogP contribution in [0, 0.1) is 0 Å². The van der Waals surface area contributed by atoms with Crippen molar-refractivity contribution in [3.63, 3.8) is 0 Å². The van der Waals surface area contributed by atoms with Crippen molar-refractivity contribution in [2.24, 2.45) is 10.9 Å². The number of anilines is 1. The summed E-state index contributed by atoms with van der Waals surface area (Å²) in [7, 11) is 3.16. The summed E-state index contributed by atoms with van der Waals surface area (Å²) in [5, 5.41) is 16.1. The molecule has 0 saturated heterocycles. The van der Waals surface area contributed by atoms with Crippen molar-refractivity contribution in [3.8, 4) is 11.5 Å². The van der Waals surface area contributed by atoms with Crippen LogP contribution in [0.3, 0.4) is 0 Å². The Morgan fingerprint density at radius 1 is 1.29 bits per heavy atom. The number of fused-ring (bicyclic) bond motifs is 1. The number of nitrogens with one attached hydrogen (secondary N) is 1. The lowest BCUT2D eigenvalue weighted by molar-refractivity contribution is -0.136. The minimum atomic E-state index is -0.949. The SMILES string of the molecule is COc1cccc(OC)c1[C@H]1S[C@H](CC(=O)O)C(=NN)Nc2ccc(Cl)cc21. The molecule has 3 rings (SSSR count). The number of carboxylic acid groups (broad SMARTS) is 1.